The van der Waals surface area contributed by atoms with Gasteiger partial charge in [0, 0.05) is 11.1 Å². The Morgan fingerprint density at radius 2 is 2.25 bits per heavy atom. The topological polar surface area (TPSA) is 46.2 Å². The maximum absolute atomic E-state index is 9.17. The van der Waals surface area contributed by atoms with E-state index in [9.17, 15) is 0 Å². The molecule has 0 saturated heterocycles. The number of hydrogen-bond acceptors (Lipinski definition) is 2. The van der Waals surface area contributed by atoms with Crippen molar-refractivity contribution >= 4 is 11.6 Å². The van der Waals surface area contributed by atoms with E-state index in [4.69, 9.17) is 22.4 Å². The molecule has 66 valence electrons. The minimum absolute atomic E-state index is 0.0930. The second-order valence-electron chi connectivity index (χ2n) is 2.72. The standard InChI is InChI=1S/C9H12ClNO/c1-2-9(11)7-5-6(12)3-4-8(7)10/h3-5,9,12H,2,11H2,1H3/t9-/m0/s1. The minimum Gasteiger partial charge on any atom is -0.508 e. The minimum atomic E-state index is -0.0930. The lowest BCUT2D eigenvalue weighted by Gasteiger charge is -2.10. The highest BCUT2D eigenvalue weighted by atomic mass is 35.5. The number of halogens is 1. The molecule has 1 atom stereocenters. The molecule has 0 aliphatic rings. The molecular formula is C9H12ClNO. The molecule has 3 heteroatoms. The first-order valence-electron chi connectivity index (χ1n) is 3.89. The summed E-state index contributed by atoms with van der Waals surface area (Å²) in [6.07, 6.45) is 0.809. The van der Waals surface area contributed by atoms with Gasteiger partial charge in [0.15, 0.2) is 0 Å². The van der Waals surface area contributed by atoms with Crippen LogP contribution in [0.5, 0.6) is 5.75 Å². The highest BCUT2D eigenvalue weighted by Crippen LogP contribution is 2.26. The number of rotatable bonds is 2. The van der Waals surface area contributed by atoms with Gasteiger partial charge in [0.05, 0.1) is 0 Å². The van der Waals surface area contributed by atoms with E-state index in [1.807, 2.05) is 6.92 Å². The highest BCUT2D eigenvalue weighted by Gasteiger charge is 2.08. The fourth-order valence-electron chi connectivity index (χ4n) is 1.04. The summed E-state index contributed by atoms with van der Waals surface area (Å²) in [6, 6.07) is 4.72. The van der Waals surface area contributed by atoms with Crippen LogP contribution in [0.3, 0.4) is 0 Å². The van der Waals surface area contributed by atoms with E-state index in [-0.39, 0.29) is 11.8 Å². The molecule has 3 N–H and O–H groups in total. The lowest BCUT2D eigenvalue weighted by Crippen LogP contribution is -2.08. The summed E-state index contributed by atoms with van der Waals surface area (Å²) in [5.74, 6) is 0.207. The van der Waals surface area contributed by atoms with Crippen LogP contribution < -0.4 is 5.73 Å². The smallest absolute Gasteiger partial charge is 0.116 e. The first-order chi connectivity index (χ1) is 5.65. The number of aromatic hydroxyl groups is 1. The molecule has 1 aromatic rings. The van der Waals surface area contributed by atoms with Gasteiger partial charge in [-0.3, -0.25) is 0 Å². The Bertz CT molecular complexity index is 275. The quantitative estimate of drug-likeness (QED) is 0.744. The first-order valence-corrected chi connectivity index (χ1v) is 4.27. The molecule has 0 saturated carbocycles. The van der Waals surface area contributed by atoms with Gasteiger partial charge in [0.2, 0.25) is 0 Å². The summed E-state index contributed by atoms with van der Waals surface area (Å²) >= 11 is 5.88. The zero-order valence-corrected chi connectivity index (χ0v) is 7.67. The zero-order chi connectivity index (χ0) is 9.14. The van der Waals surface area contributed by atoms with Crippen molar-refractivity contribution in [3.63, 3.8) is 0 Å². The predicted octanol–water partition coefficient (Wildman–Crippen LogP) is 2.46. The number of hydrogen-bond donors (Lipinski definition) is 2. The molecule has 2 nitrogen and oxygen atoms in total. The molecule has 0 fully saturated rings. The second kappa shape index (κ2) is 3.78. The van der Waals surface area contributed by atoms with Crippen LogP contribution in [-0.4, -0.2) is 5.11 Å². The van der Waals surface area contributed by atoms with Crippen molar-refractivity contribution in [3.05, 3.63) is 28.8 Å². The average molecular weight is 186 g/mol. The van der Waals surface area contributed by atoms with Crippen LogP contribution in [0.25, 0.3) is 0 Å². The van der Waals surface area contributed by atoms with Crippen LogP contribution in [0, 0.1) is 0 Å². The molecule has 0 heterocycles. The van der Waals surface area contributed by atoms with E-state index >= 15 is 0 Å². The van der Waals surface area contributed by atoms with Crippen molar-refractivity contribution in [1.29, 1.82) is 0 Å². The maximum atomic E-state index is 9.17. The zero-order valence-electron chi connectivity index (χ0n) is 6.92. The van der Waals surface area contributed by atoms with Crippen molar-refractivity contribution < 1.29 is 5.11 Å². The Morgan fingerprint density at radius 1 is 1.58 bits per heavy atom. The molecule has 0 radical (unpaired) electrons. The van der Waals surface area contributed by atoms with Gasteiger partial charge < -0.3 is 10.8 Å². The number of phenols is 1. The first kappa shape index (κ1) is 9.36. The van der Waals surface area contributed by atoms with Crippen LogP contribution in [0.15, 0.2) is 18.2 Å². The molecule has 12 heavy (non-hydrogen) atoms. The summed E-state index contributed by atoms with van der Waals surface area (Å²) < 4.78 is 0. The van der Waals surface area contributed by atoms with Gasteiger partial charge in [-0.25, -0.2) is 0 Å². The van der Waals surface area contributed by atoms with Crippen molar-refractivity contribution in [2.24, 2.45) is 5.73 Å². The lowest BCUT2D eigenvalue weighted by atomic mass is 10.1. The summed E-state index contributed by atoms with van der Waals surface area (Å²) in [4.78, 5) is 0. The van der Waals surface area contributed by atoms with Crippen molar-refractivity contribution in [3.8, 4) is 5.75 Å². The van der Waals surface area contributed by atoms with Crippen LogP contribution in [0.1, 0.15) is 24.9 Å². The van der Waals surface area contributed by atoms with E-state index in [0.29, 0.717) is 5.02 Å². The third-order valence-electron chi connectivity index (χ3n) is 1.82. The maximum Gasteiger partial charge on any atom is 0.116 e. The molecular weight excluding hydrogens is 174 g/mol. The van der Waals surface area contributed by atoms with Gasteiger partial charge in [-0.2, -0.15) is 0 Å². The fraction of sp³-hybridized carbons (Fsp3) is 0.333. The molecule has 1 rings (SSSR count). The highest BCUT2D eigenvalue weighted by molar-refractivity contribution is 6.31. The molecule has 0 aliphatic carbocycles. The van der Waals surface area contributed by atoms with E-state index in [0.717, 1.165) is 12.0 Å². The molecule has 1 aromatic carbocycles. The van der Waals surface area contributed by atoms with Crippen molar-refractivity contribution in [1.82, 2.24) is 0 Å². The van der Waals surface area contributed by atoms with Crippen LogP contribution in [0.4, 0.5) is 0 Å². The van der Waals surface area contributed by atoms with Crippen LogP contribution >= 0.6 is 11.6 Å². The van der Waals surface area contributed by atoms with E-state index in [1.54, 1.807) is 18.2 Å². The molecule has 0 unspecified atom stereocenters. The van der Waals surface area contributed by atoms with Crippen molar-refractivity contribution in [2.75, 3.05) is 0 Å². The summed E-state index contributed by atoms with van der Waals surface area (Å²) in [5, 5.41) is 9.78. The van der Waals surface area contributed by atoms with Crippen LogP contribution in [-0.2, 0) is 0 Å². The van der Waals surface area contributed by atoms with E-state index in [1.165, 1.54) is 0 Å². The third-order valence-corrected chi connectivity index (χ3v) is 2.16. The average Bonchev–Trinajstić information content (AvgIpc) is 2.08. The van der Waals surface area contributed by atoms with Gasteiger partial charge in [0.25, 0.3) is 0 Å². The molecule has 0 aliphatic heterocycles. The molecule has 0 bridgehead atoms. The number of nitrogens with two attached hydrogens (primary N) is 1. The summed E-state index contributed by atoms with van der Waals surface area (Å²) in [5.41, 5.74) is 6.57. The van der Waals surface area contributed by atoms with Crippen molar-refractivity contribution in [2.45, 2.75) is 19.4 Å². The van der Waals surface area contributed by atoms with Gasteiger partial charge in [-0.15, -0.1) is 0 Å². The summed E-state index contributed by atoms with van der Waals surface area (Å²) in [6.45, 7) is 1.98. The lowest BCUT2D eigenvalue weighted by molar-refractivity contribution is 0.473. The largest absolute Gasteiger partial charge is 0.508 e. The Labute approximate surface area is 77.0 Å². The van der Waals surface area contributed by atoms with Gasteiger partial charge in [0.1, 0.15) is 5.75 Å². The predicted molar refractivity (Wildman–Crippen MR) is 50.3 cm³/mol. The van der Waals surface area contributed by atoms with Crippen LogP contribution in [0.2, 0.25) is 5.02 Å². The van der Waals surface area contributed by atoms with Gasteiger partial charge >= 0.3 is 0 Å². The molecule has 0 amide bonds. The van der Waals surface area contributed by atoms with Gasteiger partial charge in [-0.1, -0.05) is 18.5 Å². The normalized spacial score (nSPS) is 12.9. The third kappa shape index (κ3) is 1.90. The van der Waals surface area contributed by atoms with Gasteiger partial charge in [-0.05, 0) is 30.2 Å². The fourth-order valence-corrected chi connectivity index (χ4v) is 1.29. The van der Waals surface area contributed by atoms with E-state index in [2.05, 4.69) is 0 Å². The van der Waals surface area contributed by atoms with E-state index < -0.39 is 0 Å². The SMILES string of the molecule is CC[C@H](N)c1cc(O)ccc1Cl. The summed E-state index contributed by atoms with van der Waals surface area (Å²) in [7, 11) is 0. The second-order valence-corrected chi connectivity index (χ2v) is 3.13. The monoisotopic (exact) mass is 185 g/mol. The molecule has 0 aromatic heterocycles. The number of phenolic OH excluding ortho intramolecular Hbond substituents is 1. The Kier molecular flexibility index (Phi) is 2.95. The Balaban J connectivity index is 3.04. The Morgan fingerprint density at radius 3 is 2.83 bits per heavy atom. The molecule has 0 spiro atoms. The Hall–Kier alpha value is -0.730. The number of benzene rings is 1.